The Kier molecular flexibility index (Phi) is 4.45. The fourth-order valence-corrected chi connectivity index (χ4v) is 2.62. The summed E-state index contributed by atoms with van der Waals surface area (Å²) in [5.41, 5.74) is 7.71. The van der Waals surface area contributed by atoms with E-state index in [-0.39, 0.29) is 5.82 Å². The predicted molar refractivity (Wildman–Crippen MR) is 82.3 cm³/mol. The van der Waals surface area contributed by atoms with Crippen LogP contribution in [0.3, 0.4) is 0 Å². The van der Waals surface area contributed by atoms with E-state index in [2.05, 4.69) is 15.9 Å². The van der Waals surface area contributed by atoms with Gasteiger partial charge < -0.3 is 10.5 Å². The summed E-state index contributed by atoms with van der Waals surface area (Å²) in [6.07, 6.45) is 0.598. The maximum absolute atomic E-state index is 13.0. The van der Waals surface area contributed by atoms with E-state index in [4.69, 9.17) is 10.5 Å². The van der Waals surface area contributed by atoms with Gasteiger partial charge in [0.1, 0.15) is 11.6 Å². The summed E-state index contributed by atoms with van der Waals surface area (Å²) in [6, 6.07) is 12.1. The van der Waals surface area contributed by atoms with Crippen LogP contribution in [0.2, 0.25) is 0 Å². The third kappa shape index (κ3) is 3.38. The largest absolute Gasteiger partial charge is 0.496 e. The molecule has 0 spiro atoms. The van der Waals surface area contributed by atoms with Gasteiger partial charge in [0.25, 0.3) is 0 Å². The van der Waals surface area contributed by atoms with Gasteiger partial charge in [-0.1, -0.05) is 28.1 Å². The second kappa shape index (κ2) is 5.94. The van der Waals surface area contributed by atoms with E-state index in [0.29, 0.717) is 6.42 Å². The predicted octanol–water partition coefficient (Wildman–Crippen LogP) is 4.01. The van der Waals surface area contributed by atoms with Crippen LogP contribution in [0.5, 0.6) is 5.75 Å². The van der Waals surface area contributed by atoms with Gasteiger partial charge in [-0.3, -0.25) is 0 Å². The molecule has 1 atom stereocenters. The smallest absolute Gasteiger partial charge is 0.123 e. The first-order valence-electron chi connectivity index (χ1n) is 6.30. The highest BCUT2D eigenvalue weighted by Gasteiger charge is 2.23. The molecule has 2 aromatic carbocycles. The summed E-state index contributed by atoms with van der Waals surface area (Å²) in [6.45, 7) is 1.93. The van der Waals surface area contributed by atoms with Crippen molar-refractivity contribution in [2.24, 2.45) is 5.73 Å². The maximum atomic E-state index is 13.0. The number of ether oxygens (including phenoxy) is 1. The average molecular weight is 338 g/mol. The molecule has 2 N–H and O–H groups in total. The zero-order chi connectivity index (χ0) is 14.8. The molecule has 20 heavy (non-hydrogen) atoms. The summed E-state index contributed by atoms with van der Waals surface area (Å²) in [4.78, 5) is 0. The molecular weight excluding hydrogens is 321 g/mol. The van der Waals surface area contributed by atoms with Crippen LogP contribution in [0.1, 0.15) is 18.1 Å². The minimum absolute atomic E-state index is 0.260. The number of methoxy groups -OCH3 is 1. The first-order chi connectivity index (χ1) is 9.42. The monoisotopic (exact) mass is 337 g/mol. The molecule has 0 amide bonds. The van der Waals surface area contributed by atoms with Crippen LogP contribution >= 0.6 is 15.9 Å². The third-order valence-corrected chi connectivity index (χ3v) is 3.80. The second-order valence-electron chi connectivity index (χ2n) is 5.06. The van der Waals surface area contributed by atoms with E-state index in [1.54, 1.807) is 19.2 Å². The molecule has 1 unspecified atom stereocenters. The Hall–Kier alpha value is -1.39. The van der Waals surface area contributed by atoms with E-state index in [1.165, 1.54) is 12.1 Å². The lowest BCUT2D eigenvalue weighted by atomic mass is 9.86. The van der Waals surface area contributed by atoms with Crippen LogP contribution in [0.15, 0.2) is 46.9 Å². The Morgan fingerprint density at radius 1 is 1.20 bits per heavy atom. The van der Waals surface area contributed by atoms with Crippen LogP contribution in [0.4, 0.5) is 4.39 Å². The topological polar surface area (TPSA) is 35.2 Å². The van der Waals surface area contributed by atoms with Crippen molar-refractivity contribution < 1.29 is 9.13 Å². The van der Waals surface area contributed by atoms with Crippen molar-refractivity contribution >= 4 is 15.9 Å². The van der Waals surface area contributed by atoms with Gasteiger partial charge in [-0.05, 0) is 54.8 Å². The summed E-state index contributed by atoms with van der Waals surface area (Å²) in [5, 5.41) is 0. The Labute approximate surface area is 126 Å². The molecule has 106 valence electrons. The highest BCUT2D eigenvalue weighted by molar-refractivity contribution is 9.10. The Morgan fingerprint density at radius 2 is 1.85 bits per heavy atom. The average Bonchev–Trinajstić information content (AvgIpc) is 2.39. The van der Waals surface area contributed by atoms with Gasteiger partial charge in [0.2, 0.25) is 0 Å². The molecular formula is C16H17BrFNO. The molecule has 2 aromatic rings. The lowest BCUT2D eigenvalue weighted by Crippen LogP contribution is -2.35. The number of benzene rings is 2. The van der Waals surface area contributed by atoms with Crippen LogP contribution in [0.25, 0.3) is 0 Å². The number of hydrogen-bond acceptors (Lipinski definition) is 2. The molecule has 0 saturated heterocycles. The summed E-state index contributed by atoms with van der Waals surface area (Å²) >= 11 is 3.45. The third-order valence-electron chi connectivity index (χ3n) is 3.30. The van der Waals surface area contributed by atoms with Crippen LogP contribution < -0.4 is 10.5 Å². The highest BCUT2D eigenvalue weighted by atomic mass is 79.9. The molecule has 0 heterocycles. The first kappa shape index (κ1) is 15.0. The molecule has 0 aliphatic rings. The zero-order valence-corrected chi connectivity index (χ0v) is 13.1. The second-order valence-corrected chi connectivity index (χ2v) is 5.97. The van der Waals surface area contributed by atoms with Gasteiger partial charge in [-0.15, -0.1) is 0 Å². The van der Waals surface area contributed by atoms with Gasteiger partial charge in [-0.25, -0.2) is 4.39 Å². The lowest BCUT2D eigenvalue weighted by Gasteiger charge is -2.26. The van der Waals surface area contributed by atoms with E-state index in [0.717, 1.165) is 21.3 Å². The first-order valence-corrected chi connectivity index (χ1v) is 7.09. The lowest BCUT2D eigenvalue weighted by molar-refractivity contribution is 0.399. The SMILES string of the molecule is COc1ccc(Br)cc1CC(C)(N)c1ccc(F)cc1. The molecule has 0 aliphatic carbocycles. The molecule has 2 nitrogen and oxygen atoms in total. The van der Waals surface area contributed by atoms with Crippen molar-refractivity contribution in [3.63, 3.8) is 0 Å². The molecule has 2 rings (SSSR count). The van der Waals surface area contributed by atoms with Crippen molar-refractivity contribution in [3.8, 4) is 5.75 Å². The normalized spacial score (nSPS) is 13.8. The standard InChI is InChI=1S/C16H17BrFNO/c1-16(19,12-3-6-14(18)7-4-12)10-11-9-13(17)5-8-15(11)20-2/h3-9H,10,19H2,1-2H3. The van der Waals surface area contributed by atoms with Gasteiger partial charge in [-0.2, -0.15) is 0 Å². The van der Waals surface area contributed by atoms with Crippen molar-refractivity contribution in [2.45, 2.75) is 18.9 Å². The molecule has 0 fully saturated rings. The van der Waals surface area contributed by atoms with Gasteiger partial charge in [0.15, 0.2) is 0 Å². The molecule has 0 bridgehead atoms. The van der Waals surface area contributed by atoms with E-state index < -0.39 is 5.54 Å². The highest BCUT2D eigenvalue weighted by Crippen LogP contribution is 2.30. The maximum Gasteiger partial charge on any atom is 0.123 e. The van der Waals surface area contributed by atoms with Crippen LogP contribution in [-0.2, 0) is 12.0 Å². The fraction of sp³-hybridized carbons (Fsp3) is 0.250. The van der Waals surface area contributed by atoms with Crippen molar-refractivity contribution in [1.29, 1.82) is 0 Å². The molecule has 4 heteroatoms. The minimum atomic E-state index is -0.595. The van der Waals surface area contributed by atoms with E-state index in [1.807, 2.05) is 25.1 Å². The van der Waals surface area contributed by atoms with E-state index >= 15 is 0 Å². The zero-order valence-electron chi connectivity index (χ0n) is 11.5. The quantitative estimate of drug-likeness (QED) is 0.914. The molecule has 0 radical (unpaired) electrons. The number of hydrogen-bond donors (Lipinski definition) is 1. The summed E-state index contributed by atoms with van der Waals surface area (Å²) in [7, 11) is 1.64. The minimum Gasteiger partial charge on any atom is -0.496 e. The number of halogens is 2. The van der Waals surface area contributed by atoms with Crippen molar-refractivity contribution in [3.05, 3.63) is 63.9 Å². The van der Waals surface area contributed by atoms with E-state index in [9.17, 15) is 4.39 Å². The number of rotatable bonds is 4. The van der Waals surface area contributed by atoms with Crippen molar-refractivity contribution in [2.75, 3.05) is 7.11 Å². The molecule has 0 saturated carbocycles. The van der Waals surface area contributed by atoms with Crippen LogP contribution in [-0.4, -0.2) is 7.11 Å². The Balaban J connectivity index is 2.32. The molecule has 0 aromatic heterocycles. The van der Waals surface area contributed by atoms with Gasteiger partial charge in [0, 0.05) is 10.0 Å². The van der Waals surface area contributed by atoms with Crippen molar-refractivity contribution in [1.82, 2.24) is 0 Å². The van der Waals surface area contributed by atoms with Gasteiger partial charge >= 0.3 is 0 Å². The molecule has 0 aliphatic heterocycles. The Bertz CT molecular complexity index is 596. The number of nitrogens with two attached hydrogens (primary N) is 1. The van der Waals surface area contributed by atoms with Gasteiger partial charge in [0.05, 0.1) is 7.11 Å². The summed E-state index contributed by atoms with van der Waals surface area (Å²) in [5.74, 6) is 0.538. The Morgan fingerprint density at radius 3 is 2.45 bits per heavy atom. The fourth-order valence-electron chi connectivity index (χ4n) is 2.21. The summed E-state index contributed by atoms with van der Waals surface area (Å²) < 4.78 is 19.3. The van der Waals surface area contributed by atoms with Crippen LogP contribution in [0, 0.1) is 5.82 Å².